The number of anilines is 2. The Morgan fingerprint density at radius 2 is 1.78 bits per heavy atom. The predicted molar refractivity (Wildman–Crippen MR) is 90.2 cm³/mol. The normalized spacial score (nSPS) is 17.9. The molecule has 124 valence electrons. The highest BCUT2D eigenvalue weighted by Gasteiger charge is 2.26. The number of rotatable bonds is 2. The van der Waals surface area contributed by atoms with E-state index < -0.39 is 0 Å². The fourth-order valence-corrected chi connectivity index (χ4v) is 3.43. The molecule has 1 aromatic rings. The second-order valence-electron chi connectivity index (χ2n) is 6.26. The summed E-state index contributed by atoms with van der Waals surface area (Å²) in [4.78, 5) is 29.7. The van der Waals surface area contributed by atoms with Crippen LogP contribution in [-0.4, -0.2) is 60.9 Å². The first-order chi connectivity index (χ1) is 11.1. The van der Waals surface area contributed by atoms with Gasteiger partial charge in [0.2, 0.25) is 11.8 Å². The lowest BCUT2D eigenvalue weighted by Crippen LogP contribution is -2.52. The van der Waals surface area contributed by atoms with Crippen molar-refractivity contribution in [3.8, 4) is 0 Å². The topological polar surface area (TPSA) is 69.9 Å². The number of benzene rings is 1. The maximum absolute atomic E-state index is 12.6. The smallest absolute Gasteiger partial charge is 0.242 e. The molecule has 0 radical (unpaired) electrons. The molecule has 2 amide bonds. The zero-order chi connectivity index (χ0) is 16.4. The number of piperazine rings is 1. The van der Waals surface area contributed by atoms with Gasteiger partial charge in [-0.05, 0) is 30.5 Å². The number of hydrogen-bond donors (Lipinski definition) is 1. The number of fused-ring (bicyclic) bond motifs is 1. The molecule has 2 aliphatic heterocycles. The highest BCUT2D eigenvalue weighted by Crippen LogP contribution is 2.31. The average molecular weight is 316 g/mol. The summed E-state index contributed by atoms with van der Waals surface area (Å²) in [5, 5.41) is 0. The second kappa shape index (κ2) is 6.48. The molecule has 0 bridgehead atoms. The molecular weight excluding hydrogens is 292 g/mol. The number of carbonyl (C=O) groups is 2. The third-order valence-corrected chi connectivity index (χ3v) is 4.79. The van der Waals surface area contributed by atoms with Crippen LogP contribution in [0.25, 0.3) is 0 Å². The number of carbonyl (C=O) groups excluding carboxylic acids is 2. The van der Waals surface area contributed by atoms with Crippen LogP contribution in [0.2, 0.25) is 0 Å². The zero-order valence-corrected chi connectivity index (χ0v) is 13.6. The predicted octanol–water partition coefficient (Wildman–Crippen LogP) is 0.712. The van der Waals surface area contributed by atoms with Crippen molar-refractivity contribution in [2.24, 2.45) is 0 Å². The number of nitrogens with zero attached hydrogens (tertiary/aromatic N) is 3. The quantitative estimate of drug-likeness (QED) is 0.816. The first-order valence-corrected chi connectivity index (χ1v) is 8.22. The van der Waals surface area contributed by atoms with E-state index in [0.717, 1.165) is 36.3 Å². The van der Waals surface area contributed by atoms with Crippen molar-refractivity contribution in [1.29, 1.82) is 0 Å². The van der Waals surface area contributed by atoms with E-state index >= 15 is 0 Å². The molecule has 23 heavy (non-hydrogen) atoms. The molecule has 0 unspecified atom stereocenters. The highest BCUT2D eigenvalue weighted by atomic mass is 16.2. The SMILES string of the molecule is CC(=O)N1CCN(C(=O)CN2CCCc3c(N)cccc32)CC1. The Kier molecular flexibility index (Phi) is 4.41. The summed E-state index contributed by atoms with van der Waals surface area (Å²) < 4.78 is 0. The van der Waals surface area contributed by atoms with Gasteiger partial charge in [0.1, 0.15) is 0 Å². The molecular formula is C17H24N4O2. The van der Waals surface area contributed by atoms with Crippen molar-refractivity contribution in [3.63, 3.8) is 0 Å². The Labute approximate surface area is 136 Å². The van der Waals surface area contributed by atoms with Crippen LogP contribution in [0.5, 0.6) is 0 Å². The van der Waals surface area contributed by atoms with Crippen LogP contribution in [-0.2, 0) is 16.0 Å². The molecule has 6 heteroatoms. The molecule has 0 saturated carbocycles. The summed E-state index contributed by atoms with van der Waals surface area (Å²) >= 11 is 0. The number of nitrogen functional groups attached to an aromatic ring is 1. The van der Waals surface area contributed by atoms with Crippen LogP contribution in [0, 0.1) is 0 Å². The highest BCUT2D eigenvalue weighted by molar-refractivity contribution is 5.83. The molecule has 0 aromatic heterocycles. The number of hydrogen-bond acceptors (Lipinski definition) is 4. The van der Waals surface area contributed by atoms with Gasteiger partial charge in [-0.25, -0.2) is 0 Å². The second-order valence-corrected chi connectivity index (χ2v) is 6.26. The van der Waals surface area contributed by atoms with E-state index in [0.29, 0.717) is 32.7 Å². The van der Waals surface area contributed by atoms with Gasteiger partial charge in [-0.15, -0.1) is 0 Å². The van der Waals surface area contributed by atoms with Gasteiger partial charge in [-0.1, -0.05) is 6.07 Å². The minimum atomic E-state index is 0.0810. The van der Waals surface area contributed by atoms with Crippen LogP contribution < -0.4 is 10.6 Å². The van der Waals surface area contributed by atoms with E-state index in [9.17, 15) is 9.59 Å². The first kappa shape index (κ1) is 15.6. The van der Waals surface area contributed by atoms with Crippen LogP contribution in [0.4, 0.5) is 11.4 Å². The zero-order valence-electron chi connectivity index (χ0n) is 13.6. The Morgan fingerprint density at radius 3 is 2.48 bits per heavy atom. The van der Waals surface area contributed by atoms with E-state index in [-0.39, 0.29) is 11.8 Å². The van der Waals surface area contributed by atoms with Crippen LogP contribution >= 0.6 is 0 Å². The van der Waals surface area contributed by atoms with Crippen LogP contribution in [0.3, 0.4) is 0 Å². The third kappa shape index (κ3) is 3.25. The molecule has 0 aliphatic carbocycles. The maximum Gasteiger partial charge on any atom is 0.242 e. The number of amides is 2. The summed E-state index contributed by atoms with van der Waals surface area (Å²) in [5.74, 6) is 0.209. The standard InChI is InChI=1S/C17H24N4O2/c1-13(22)19-8-10-20(11-9-19)17(23)12-21-7-3-4-14-15(18)5-2-6-16(14)21/h2,5-6H,3-4,7-12,18H2,1H3. The van der Waals surface area contributed by atoms with E-state index in [1.807, 2.05) is 23.1 Å². The lowest BCUT2D eigenvalue weighted by Gasteiger charge is -2.37. The van der Waals surface area contributed by atoms with E-state index in [2.05, 4.69) is 4.90 Å². The van der Waals surface area contributed by atoms with E-state index in [1.165, 1.54) is 0 Å². The van der Waals surface area contributed by atoms with Crippen LogP contribution in [0.1, 0.15) is 18.9 Å². The summed E-state index contributed by atoms with van der Waals surface area (Å²) in [5.41, 5.74) is 9.13. The van der Waals surface area contributed by atoms with Crippen molar-refractivity contribution in [3.05, 3.63) is 23.8 Å². The van der Waals surface area contributed by atoms with Gasteiger partial charge in [0.25, 0.3) is 0 Å². The Morgan fingerprint density at radius 1 is 1.09 bits per heavy atom. The average Bonchev–Trinajstić information content (AvgIpc) is 2.56. The largest absolute Gasteiger partial charge is 0.398 e. The van der Waals surface area contributed by atoms with Crippen LogP contribution in [0.15, 0.2) is 18.2 Å². The Hall–Kier alpha value is -2.24. The molecule has 1 aromatic carbocycles. The molecule has 0 spiro atoms. The van der Waals surface area contributed by atoms with Gasteiger partial charge >= 0.3 is 0 Å². The molecule has 2 aliphatic rings. The van der Waals surface area contributed by atoms with Gasteiger partial charge < -0.3 is 20.4 Å². The summed E-state index contributed by atoms with van der Waals surface area (Å²) in [6.45, 7) is 5.35. The van der Waals surface area contributed by atoms with Gasteiger partial charge in [-0.3, -0.25) is 9.59 Å². The minimum absolute atomic E-state index is 0.0810. The molecule has 1 saturated heterocycles. The summed E-state index contributed by atoms with van der Waals surface area (Å²) in [6, 6.07) is 5.92. The summed E-state index contributed by atoms with van der Waals surface area (Å²) in [6.07, 6.45) is 2.00. The summed E-state index contributed by atoms with van der Waals surface area (Å²) in [7, 11) is 0. The first-order valence-electron chi connectivity index (χ1n) is 8.22. The number of nitrogens with two attached hydrogens (primary N) is 1. The third-order valence-electron chi connectivity index (χ3n) is 4.79. The van der Waals surface area contributed by atoms with Gasteiger partial charge in [0.05, 0.1) is 6.54 Å². The van der Waals surface area contributed by atoms with Crippen molar-refractivity contribution in [2.45, 2.75) is 19.8 Å². The Bertz CT molecular complexity index is 609. The lowest BCUT2D eigenvalue weighted by molar-refractivity contribution is -0.137. The van der Waals surface area contributed by atoms with Crippen molar-refractivity contribution in [1.82, 2.24) is 9.80 Å². The van der Waals surface area contributed by atoms with Gasteiger partial charge in [-0.2, -0.15) is 0 Å². The van der Waals surface area contributed by atoms with Gasteiger partial charge in [0, 0.05) is 51.0 Å². The minimum Gasteiger partial charge on any atom is -0.398 e. The maximum atomic E-state index is 12.6. The molecule has 3 rings (SSSR count). The fraction of sp³-hybridized carbons (Fsp3) is 0.529. The monoisotopic (exact) mass is 316 g/mol. The van der Waals surface area contributed by atoms with Crippen molar-refractivity contribution >= 4 is 23.2 Å². The molecule has 1 fully saturated rings. The lowest BCUT2D eigenvalue weighted by atomic mass is 10.00. The molecule has 2 heterocycles. The van der Waals surface area contributed by atoms with Crippen molar-refractivity contribution < 1.29 is 9.59 Å². The molecule has 0 atom stereocenters. The van der Waals surface area contributed by atoms with Gasteiger partial charge in [0.15, 0.2) is 0 Å². The molecule has 2 N–H and O–H groups in total. The van der Waals surface area contributed by atoms with E-state index in [4.69, 9.17) is 5.73 Å². The van der Waals surface area contributed by atoms with Crippen molar-refractivity contribution in [2.75, 3.05) is 49.9 Å². The fourth-order valence-electron chi connectivity index (χ4n) is 3.43. The Balaban J connectivity index is 1.64. The van der Waals surface area contributed by atoms with E-state index in [1.54, 1.807) is 11.8 Å². The molecule has 6 nitrogen and oxygen atoms in total.